The van der Waals surface area contributed by atoms with E-state index in [1.807, 2.05) is 6.92 Å². The summed E-state index contributed by atoms with van der Waals surface area (Å²) in [6, 6.07) is 4.63. The molecular weight excluding hydrogens is 257 g/mol. The van der Waals surface area contributed by atoms with Crippen molar-refractivity contribution in [2.75, 3.05) is 0 Å². The van der Waals surface area contributed by atoms with Crippen LogP contribution in [0.15, 0.2) is 41.6 Å². The van der Waals surface area contributed by atoms with Gasteiger partial charge < -0.3 is 4.57 Å². The highest BCUT2D eigenvalue weighted by molar-refractivity contribution is 5.85. The van der Waals surface area contributed by atoms with Gasteiger partial charge in [-0.2, -0.15) is 0 Å². The van der Waals surface area contributed by atoms with Crippen molar-refractivity contribution in [1.82, 2.24) is 14.5 Å². The topological polar surface area (TPSA) is 47.8 Å². The van der Waals surface area contributed by atoms with Crippen molar-refractivity contribution in [3.63, 3.8) is 0 Å². The maximum atomic E-state index is 14.2. The van der Waals surface area contributed by atoms with Crippen LogP contribution < -0.4 is 5.56 Å². The molecule has 3 aromatic rings. The van der Waals surface area contributed by atoms with E-state index in [9.17, 15) is 9.18 Å². The van der Waals surface area contributed by atoms with Gasteiger partial charge in [0.15, 0.2) is 5.82 Å². The summed E-state index contributed by atoms with van der Waals surface area (Å²) >= 11 is 0. The molecule has 0 N–H and O–H groups in total. The van der Waals surface area contributed by atoms with Gasteiger partial charge in [0.2, 0.25) is 0 Å². The zero-order chi connectivity index (χ0) is 14.3. The minimum absolute atomic E-state index is 0.224. The molecule has 0 saturated heterocycles. The standard InChI is InChI=1S/C15H12FN3O/c1-9-7-17-14(18-8-9)12-5-10-3-4-19(2)15(20)11(10)6-13(12)16/h3-8H,1-2H3. The van der Waals surface area contributed by atoms with E-state index in [1.165, 1.54) is 10.6 Å². The van der Waals surface area contributed by atoms with Gasteiger partial charge in [0.1, 0.15) is 5.82 Å². The lowest BCUT2D eigenvalue weighted by atomic mass is 10.1. The predicted octanol–water partition coefficient (Wildman–Crippen LogP) is 2.44. The molecule has 0 spiro atoms. The molecule has 100 valence electrons. The summed E-state index contributed by atoms with van der Waals surface area (Å²) in [6.45, 7) is 1.87. The number of benzene rings is 1. The van der Waals surface area contributed by atoms with Crippen LogP contribution in [0.5, 0.6) is 0 Å². The Morgan fingerprint density at radius 3 is 2.60 bits per heavy atom. The van der Waals surface area contributed by atoms with Gasteiger partial charge in [-0.3, -0.25) is 4.79 Å². The number of fused-ring (bicyclic) bond motifs is 1. The van der Waals surface area contributed by atoms with E-state index in [2.05, 4.69) is 9.97 Å². The van der Waals surface area contributed by atoms with Crippen molar-refractivity contribution in [1.29, 1.82) is 0 Å². The third kappa shape index (κ3) is 1.97. The fraction of sp³-hybridized carbons (Fsp3) is 0.133. The van der Waals surface area contributed by atoms with E-state index in [0.29, 0.717) is 22.2 Å². The highest BCUT2D eigenvalue weighted by Gasteiger charge is 2.11. The van der Waals surface area contributed by atoms with E-state index >= 15 is 0 Å². The number of rotatable bonds is 1. The zero-order valence-corrected chi connectivity index (χ0v) is 11.1. The number of aromatic nitrogens is 3. The average Bonchev–Trinajstić information content (AvgIpc) is 2.44. The number of hydrogen-bond donors (Lipinski definition) is 0. The Balaban J connectivity index is 2.28. The first-order valence-electron chi connectivity index (χ1n) is 6.14. The van der Waals surface area contributed by atoms with E-state index in [-0.39, 0.29) is 5.56 Å². The quantitative estimate of drug-likeness (QED) is 0.681. The molecule has 0 aliphatic heterocycles. The fourth-order valence-electron chi connectivity index (χ4n) is 2.07. The maximum absolute atomic E-state index is 14.2. The second kappa shape index (κ2) is 4.52. The highest BCUT2D eigenvalue weighted by Crippen LogP contribution is 2.23. The molecule has 0 amide bonds. The van der Waals surface area contributed by atoms with Gasteiger partial charge >= 0.3 is 0 Å². The third-order valence-electron chi connectivity index (χ3n) is 3.19. The van der Waals surface area contributed by atoms with Gasteiger partial charge in [-0.15, -0.1) is 0 Å². The monoisotopic (exact) mass is 269 g/mol. The van der Waals surface area contributed by atoms with Gasteiger partial charge in [-0.25, -0.2) is 14.4 Å². The van der Waals surface area contributed by atoms with Gasteiger partial charge in [-0.1, -0.05) is 0 Å². The van der Waals surface area contributed by atoms with Gasteiger partial charge in [0, 0.05) is 25.6 Å². The normalized spacial score (nSPS) is 10.9. The molecule has 1 aromatic carbocycles. The van der Waals surface area contributed by atoms with Gasteiger partial charge in [0.05, 0.1) is 10.9 Å². The predicted molar refractivity (Wildman–Crippen MR) is 74.9 cm³/mol. The molecule has 0 aliphatic carbocycles. The van der Waals surface area contributed by atoms with Crippen LogP contribution in [0, 0.1) is 12.7 Å². The first-order valence-corrected chi connectivity index (χ1v) is 6.14. The van der Waals surface area contributed by atoms with Crippen molar-refractivity contribution in [2.45, 2.75) is 6.92 Å². The second-order valence-corrected chi connectivity index (χ2v) is 4.74. The van der Waals surface area contributed by atoms with E-state index in [0.717, 1.165) is 5.56 Å². The summed E-state index contributed by atoms with van der Waals surface area (Å²) in [5, 5.41) is 1.03. The molecule has 0 fully saturated rings. The lowest BCUT2D eigenvalue weighted by molar-refractivity contribution is 0.631. The maximum Gasteiger partial charge on any atom is 0.258 e. The fourth-order valence-corrected chi connectivity index (χ4v) is 2.07. The molecule has 5 heteroatoms. The molecule has 0 aliphatic rings. The smallest absolute Gasteiger partial charge is 0.258 e. The molecule has 4 nitrogen and oxygen atoms in total. The zero-order valence-electron chi connectivity index (χ0n) is 11.1. The molecule has 2 heterocycles. The summed E-state index contributed by atoms with van der Waals surface area (Å²) in [5.41, 5.74) is 0.979. The summed E-state index contributed by atoms with van der Waals surface area (Å²) in [7, 11) is 1.64. The van der Waals surface area contributed by atoms with E-state index < -0.39 is 5.82 Å². The van der Waals surface area contributed by atoms with Crippen molar-refractivity contribution < 1.29 is 4.39 Å². The third-order valence-corrected chi connectivity index (χ3v) is 3.19. The van der Waals surface area contributed by atoms with Crippen LogP contribution in [-0.2, 0) is 7.05 Å². The molecule has 20 heavy (non-hydrogen) atoms. The summed E-state index contributed by atoms with van der Waals surface area (Å²) in [4.78, 5) is 20.2. The summed E-state index contributed by atoms with van der Waals surface area (Å²) in [6.07, 6.45) is 4.92. The average molecular weight is 269 g/mol. The number of pyridine rings is 1. The van der Waals surface area contributed by atoms with Crippen molar-refractivity contribution in [3.8, 4) is 11.4 Å². The Morgan fingerprint density at radius 1 is 1.20 bits per heavy atom. The molecular formula is C15H12FN3O. The van der Waals surface area contributed by atoms with Crippen molar-refractivity contribution >= 4 is 10.8 Å². The Labute approximate surface area is 114 Å². The lowest BCUT2D eigenvalue weighted by Gasteiger charge is -2.06. The Bertz CT molecular complexity index is 853. The Hall–Kier alpha value is -2.56. The van der Waals surface area contributed by atoms with Crippen LogP contribution in [0.3, 0.4) is 0 Å². The number of halogens is 1. The largest absolute Gasteiger partial charge is 0.318 e. The van der Waals surface area contributed by atoms with Gasteiger partial charge in [0.25, 0.3) is 5.56 Å². The Kier molecular flexibility index (Phi) is 2.82. The number of hydrogen-bond acceptors (Lipinski definition) is 3. The van der Waals surface area contributed by atoms with Crippen LogP contribution in [0.1, 0.15) is 5.56 Å². The van der Waals surface area contributed by atoms with Gasteiger partial charge in [-0.05, 0) is 36.1 Å². The van der Waals surface area contributed by atoms with E-state index in [1.54, 1.807) is 37.8 Å². The van der Waals surface area contributed by atoms with Crippen molar-refractivity contribution in [2.24, 2.45) is 7.05 Å². The molecule has 0 bridgehead atoms. The SMILES string of the molecule is Cc1cnc(-c2cc3ccn(C)c(=O)c3cc2F)nc1. The molecule has 0 radical (unpaired) electrons. The Morgan fingerprint density at radius 2 is 1.90 bits per heavy atom. The summed E-state index contributed by atoms with van der Waals surface area (Å²) < 4.78 is 15.6. The lowest BCUT2D eigenvalue weighted by Crippen LogP contribution is -2.15. The van der Waals surface area contributed by atoms with Crippen LogP contribution in [-0.4, -0.2) is 14.5 Å². The van der Waals surface area contributed by atoms with Crippen molar-refractivity contribution in [3.05, 3.63) is 58.5 Å². The van der Waals surface area contributed by atoms with Crippen LogP contribution in [0.2, 0.25) is 0 Å². The molecule has 2 aromatic heterocycles. The molecule has 0 saturated carbocycles. The minimum Gasteiger partial charge on any atom is -0.318 e. The highest BCUT2D eigenvalue weighted by atomic mass is 19.1. The minimum atomic E-state index is -0.496. The van der Waals surface area contributed by atoms with E-state index in [4.69, 9.17) is 0 Å². The number of aryl methyl sites for hydroxylation is 2. The van der Waals surface area contributed by atoms with Crippen LogP contribution >= 0.6 is 0 Å². The summed E-state index contributed by atoms with van der Waals surface area (Å²) in [5.74, 6) is -0.180. The number of nitrogens with zero attached hydrogens (tertiary/aromatic N) is 3. The van der Waals surface area contributed by atoms with Crippen LogP contribution in [0.4, 0.5) is 4.39 Å². The second-order valence-electron chi connectivity index (χ2n) is 4.74. The molecule has 0 atom stereocenters. The molecule has 3 rings (SSSR count). The first kappa shape index (κ1) is 12.5. The first-order chi connectivity index (χ1) is 9.56. The molecule has 0 unspecified atom stereocenters. The van der Waals surface area contributed by atoms with Crippen LogP contribution in [0.25, 0.3) is 22.2 Å².